The Balaban J connectivity index is 1.58. The summed E-state index contributed by atoms with van der Waals surface area (Å²) < 4.78 is 7.27. The zero-order valence-corrected chi connectivity index (χ0v) is 15.2. The number of ether oxygens (including phenoxy) is 1. The summed E-state index contributed by atoms with van der Waals surface area (Å²) in [7, 11) is 0. The lowest BCUT2D eigenvalue weighted by Gasteiger charge is -2.29. The van der Waals surface area contributed by atoms with Gasteiger partial charge in [0.25, 0.3) is 5.91 Å². The molecule has 0 aliphatic carbocycles. The van der Waals surface area contributed by atoms with Crippen LogP contribution in [-0.2, 0) is 22.7 Å². The summed E-state index contributed by atoms with van der Waals surface area (Å²) in [5.41, 5.74) is 4.58. The molecule has 1 atom stereocenters. The van der Waals surface area contributed by atoms with E-state index in [1.807, 2.05) is 19.1 Å². The molecule has 8 nitrogen and oxygen atoms in total. The van der Waals surface area contributed by atoms with Crippen LogP contribution in [0.1, 0.15) is 29.7 Å². The number of rotatable bonds is 3. The molecule has 8 heteroatoms. The summed E-state index contributed by atoms with van der Waals surface area (Å²) >= 11 is 0. The lowest BCUT2D eigenvalue weighted by atomic mass is 9.93. The first-order valence-corrected chi connectivity index (χ1v) is 9.00. The van der Waals surface area contributed by atoms with Crippen molar-refractivity contribution in [1.82, 2.24) is 19.7 Å². The summed E-state index contributed by atoms with van der Waals surface area (Å²) in [5, 5.41) is 10.4. The molecule has 0 radical (unpaired) electrons. The summed E-state index contributed by atoms with van der Waals surface area (Å²) in [6.07, 6.45) is 3.13. The van der Waals surface area contributed by atoms with E-state index in [1.54, 1.807) is 23.0 Å². The normalized spacial score (nSPS) is 17.7. The number of benzene rings is 1. The maximum absolute atomic E-state index is 13.2. The van der Waals surface area contributed by atoms with E-state index in [2.05, 4.69) is 37.8 Å². The average Bonchev–Trinajstić information content (AvgIpc) is 3.35. The number of carbonyl (C=O) groups excluding carboxylic acids is 1. The molecule has 0 saturated heterocycles. The molecule has 2 N–H and O–H groups in total. The number of anilines is 2. The molecule has 2 aliphatic heterocycles. The van der Waals surface area contributed by atoms with Gasteiger partial charge in [-0.25, -0.2) is 9.67 Å². The molecule has 0 spiro atoms. The monoisotopic (exact) mass is 374 g/mol. The van der Waals surface area contributed by atoms with Crippen molar-refractivity contribution in [2.24, 2.45) is 0 Å². The average molecular weight is 374 g/mol. The van der Waals surface area contributed by atoms with E-state index in [0.29, 0.717) is 30.6 Å². The molecular weight excluding hydrogens is 356 g/mol. The van der Waals surface area contributed by atoms with E-state index in [0.717, 1.165) is 16.8 Å². The number of pyridine rings is 1. The number of nitrogens with zero attached hydrogens (tertiary/aromatic N) is 4. The third-order valence-corrected chi connectivity index (χ3v) is 5.01. The summed E-state index contributed by atoms with van der Waals surface area (Å²) in [6.45, 7) is 3.07. The highest BCUT2D eigenvalue weighted by atomic mass is 16.5. The van der Waals surface area contributed by atoms with E-state index in [4.69, 9.17) is 4.74 Å². The highest BCUT2D eigenvalue weighted by molar-refractivity contribution is 6.05. The zero-order chi connectivity index (χ0) is 19.1. The van der Waals surface area contributed by atoms with Crippen molar-refractivity contribution in [3.05, 3.63) is 76.9 Å². The quantitative estimate of drug-likeness (QED) is 0.732. The predicted octanol–water partition coefficient (Wildman–Crippen LogP) is 2.63. The van der Waals surface area contributed by atoms with E-state index in [9.17, 15) is 4.79 Å². The number of fused-ring (bicyclic) bond motifs is 2. The Bertz CT molecular complexity index is 1090. The first kappa shape index (κ1) is 16.6. The first-order chi connectivity index (χ1) is 13.7. The molecule has 0 saturated carbocycles. The molecule has 0 fully saturated rings. The number of aromatic nitrogens is 4. The molecule has 140 valence electrons. The standard InChI is InChI=1S/C20H18N6O2/c1-12-17(19(27)25-16-4-2-3-7-21-16)18(26-20(24-12)22-11-23-26)13-5-6-14-9-28-10-15(14)8-13/h2-8,11,18H,9-10H2,1H3,(H,21,25,27)(H,22,23,24). The Morgan fingerprint density at radius 2 is 2.11 bits per heavy atom. The van der Waals surface area contributed by atoms with Crippen molar-refractivity contribution >= 4 is 17.7 Å². The third kappa shape index (κ3) is 2.74. The number of allylic oxidation sites excluding steroid dienone is 1. The van der Waals surface area contributed by atoms with Crippen molar-refractivity contribution in [3.63, 3.8) is 0 Å². The van der Waals surface area contributed by atoms with Crippen LogP contribution in [0.5, 0.6) is 0 Å². The van der Waals surface area contributed by atoms with Gasteiger partial charge in [-0.2, -0.15) is 10.1 Å². The molecule has 3 aromatic rings. The fraction of sp³-hybridized carbons (Fsp3) is 0.200. The largest absolute Gasteiger partial charge is 0.372 e. The highest BCUT2D eigenvalue weighted by Crippen LogP contribution is 2.36. The minimum Gasteiger partial charge on any atom is -0.372 e. The molecular formula is C20H18N6O2. The predicted molar refractivity (Wildman–Crippen MR) is 102 cm³/mol. The minimum atomic E-state index is -0.395. The lowest BCUT2D eigenvalue weighted by Crippen LogP contribution is -2.31. The number of nitrogens with one attached hydrogen (secondary N) is 2. The van der Waals surface area contributed by atoms with Crippen molar-refractivity contribution in [1.29, 1.82) is 0 Å². The Kier molecular flexibility index (Phi) is 3.91. The summed E-state index contributed by atoms with van der Waals surface area (Å²) in [4.78, 5) is 21.7. The van der Waals surface area contributed by atoms with Crippen LogP contribution in [0.2, 0.25) is 0 Å². The molecule has 28 heavy (non-hydrogen) atoms. The SMILES string of the molecule is CC1=C(C(=O)Nc2ccccn2)C(c2ccc3c(c2)COC3)n2ncnc2N1. The molecule has 5 rings (SSSR count). The molecule has 2 aromatic heterocycles. The molecule has 1 unspecified atom stereocenters. The van der Waals surface area contributed by atoms with Gasteiger partial charge in [0.15, 0.2) is 0 Å². The van der Waals surface area contributed by atoms with Gasteiger partial charge in [-0.3, -0.25) is 4.79 Å². The Labute approximate surface area is 161 Å². The van der Waals surface area contributed by atoms with Crippen molar-refractivity contribution < 1.29 is 9.53 Å². The van der Waals surface area contributed by atoms with Crippen LogP contribution < -0.4 is 10.6 Å². The van der Waals surface area contributed by atoms with E-state index in [-0.39, 0.29) is 5.91 Å². The first-order valence-electron chi connectivity index (χ1n) is 9.00. The Hall–Kier alpha value is -3.52. The topological polar surface area (TPSA) is 94.0 Å². The minimum absolute atomic E-state index is 0.230. The van der Waals surface area contributed by atoms with Crippen LogP contribution >= 0.6 is 0 Å². The van der Waals surface area contributed by atoms with Crippen LogP contribution in [0, 0.1) is 0 Å². The lowest BCUT2D eigenvalue weighted by molar-refractivity contribution is -0.113. The van der Waals surface area contributed by atoms with Gasteiger partial charge in [-0.1, -0.05) is 24.3 Å². The second kappa shape index (κ2) is 6.58. The maximum Gasteiger partial charge on any atom is 0.257 e. The van der Waals surface area contributed by atoms with Gasteiger partial charge >= 0.3 is 0 Å². The van der Waals surface area contributed by atoms with Gasteiger partial charge in [0.1, 0.15) is 18.2 Å². The van der Waals surface area contributed by atoms with E-state index >= 15 is 0 Å². The van der Waals surface area contributed by atoms with E-state index in [1.165, 1.54) is 11.9 Å². The van der Waals surface area contributed by atoms with E-state index < -0.39 is 6.04 Å². The van der Waals surface area contributed by atoms with Crippen LogP contribution in [0.15, 0.2) is 60.2 Å². The van der Waals surface area contributed by atoms with Gasteiger partial charge in [0.05, 0.1) is 18.8 Å². The van der Waals surface area contributed by atoms with Gasteiger partial charge < -0.3 is 15.4 Å². The molecule has 4 heterocycles. The molecule has 2 aliphatic rings. The van der Waals surface area contributed by atoms with Crippen molar-refractivity contribution in [2.45, 2.75) is 26.2 Å². The van der Waals surface area contributed by atoms with Gasteiger partial charge in [-0.05, 0) is 35.7 Å². The summed E-state index contributed by atoms with van der Waals surface area (Å²) in [6, 6.07) is 11.2. The molecule has 1 aromatic carbocycles. The number of carbonyl (C=O) groups is 1. The van der Waals surface area contributed by atoms with Crippen LogP contribution in [-0.4, -0.2) is 25.7 Å². The van der Waals surface area contributed by atoms with Crippen molar-refractivity contribution in [2.75, 3.05) is 10.6 Å². The van der Waals surface area contributed by atoms with Crippen LogP contribution in [0.25, 0.3) is 0 Å². The maximum atomic E-state index is 13.2. The second-order valence-corrected chi connectivity index (χ2v) is 6.78. The van der Waals surface area contributed by atoms with Crippen LogP contribution in [0.4, 0.5) is 11.8 Å². The third-order valence-electron chi connectivity index (χ3n) is 5.01. The fourth-order valence-electron chi connectivity index (χ4n) is 3.68. The van der Waals surface area contributed by atoms with Crippen molar-refractivity contribution in [3.8, 4) is 0 Å². The Morgan fingerprint density at radius 1 is 1.21 bits per heavy atom. The fourth-order valence-corrected chi connectivity index (χ4v) is 3.68. The zero-order valence-electron chi connectivity index (χ0n) is 15.2. The summed E-state index contributed by atoms with van der Waals surface area (Å²) in [5.74, 6) is 0.874. The number of amides is 1. The smallest absolute Gasteiger partial charge is 0.257 e. The highest BCUT2D eigenvalue weighted by Gasteiger charge is 2.34. The van der Waals surface area contributed by atoms with Gasteiger partial charge in [-0.15, -0.1) is 0 Å². The molecule has 1 amide bonds. The van der Waals surface area contributed by atoms with Crippen LogP contribution in [0.3, 0.4) is 0 Å². The number of hydrogen-bond donors (Lipinski definition) is 2. The molecule has 0 bridgehead atoms. The van der Waals surface area contributed by atoms with Gasteiger partial charge in [0.2, 0.25) is 5.95 Å². The van der Waals surface area contributed by atoms with Gasteiger partial charge in [0, 0.05) is 11.9 Å². The number of hydrogen-bond acceptors (Lipinski definition) is 6. The second-order valence-electron chi connectivity index (χ2n) is 6.78. The Morgan fingerprint density at radius 3 is 2.96 bits per heavy atom.